The van der Waals surface area contributed by atoms with Gasteiger partial charge in [-0.3, -0.25) is 9.52 Å². The molecule has 3 aromatic carbocycles. The number of nitrogens with zero attached hydrogens (tertiary/aromatic N) is 4. The zero-order valence-corrected chi connectivity index (χ0v) is 25.1. The zero-order chi connectivity index (χ0) is 31.4. The molecule has 0 amide bonds. The predicted octanol–water partition coefficient (Wildman–Crippen LogP) is 4.54. The van der Waals surface area contributed by atoms with Gasteiger partial charge in [0.05, 0.1) is 12.3 Å². The Kier molecular flexibility index (Phi) is 11.6. The van der Waals surface area contributed by atoms with Crippen molar-refractivity contribution in [2.24, 2.45) is 0 Å². The SMILES string of the molecule is CN1CCN(CCCOc2ccc(-c3cc(Nc4ccc(NS(=O)(=O)c5ccccc5F)cc4)ncn3)cc2)CC1.O=CO. The topological polar surface area (TPSA) is 137 Å². The first kappa shape index (κ1) is 32.3. The van der Waals surface area contributed by atoms with Crippen molar-refractivity contribution in [3.05, 3.63) is 91.0 Å². The number of benzene rings is 3. The van der Waals surface area contributed by atoms with Gasteiger partial charge in [-0.15, -0.1) is 0 Å². The monoisotopic (exact) mass is 622 g/mol. The van der Waals surface area contributed by atoms with Crippen molar-refractivity contribution in [2.45, 2.75) is 11.3 Å². The molecule has 0 saturated carbocycles. The molecule has 44 heavy (non-hydrogen) atoms. The number of sulfonamides is 1. The van der Waals surface area contributed by atoms with E-state index >= 15 is 0 Å². The Morgan fingerprint density at radius 3 is 2.30 bits per heavy atom. The summed E-state index contributed by atoms with van der Waals surface area (Å²) in [6, 6.07) is 21.5. The van der Waals surface area contributed by atoms with E-state index in [1.807, 2.05) is 30.3 Å². The van der Waals surface area contributed by atoms with Crippen LogP contribution in [0, 0.1) is 5.82 Å². The number of hydrogen-bond acceptors (Lipinski definition) is 9. The van der Waals surface area contributed by atoms with Gasteiger partial charge >= 0.3 is 0 Å². The Balaban J connectivity index is 0.00000141. The van der Waals surface area contributed by atoms with Crippen LogP contribution in [0.5, 0.6) is 5.75 Å². The number of nitrogens with one attached hydrogen (secondary N) is 2. The molecule has 0 atom stereocenters. The molecule has 1 fully saturated rings. The molecular formula is C31H35FN6O5S. The van der Waals surface area contributed by atoms with Crippen molar-refractivity contribution < 1.29 is 27.4 Å². The molecule has 0 bridgehead atoms. The van der Waals surface area contributed by atoms with Crippen LogP contribution in [0.2, 0.25) is 0 Å². The average molecular weight is 623 g/mol. The number of ether oxygens (including phenoxy) is 1. The summed E-state index contributed by atoms with van der Waals surface area (Å²) in [7, 11) is -1.88. The first-order valence-electron chi connectivity index (χ1n) is 14.0. The quantitative estimate of drug-likeness (QED) is 0.161. The minimum atomic E-state index is -4.05. The summed E-state index contributed by atoms with van der Waals surface area (Å²) < 4.78 is 47.4. The van der Waals surface area contributed by atoms with Crippen LogP contribution in [0.4, 0.5) is 21.6 Å². The molecule has 1 aliphatic heterocycles. The van der Waals surface area contributed by atoms with E-state index < -0.39 is 20.7 Å². The Morgan fingerprint density at radius 2 is 1.61 bits per heavy atom. The molecule has 4 aromatic rings. The number of anilines is 3. The zero-order valence-electron chi connectivity index (χ0n) is 24.3. The highest BCUT2D eigenvalue weighted by molar-refractivity contribution is 7.92. The fourth-order valence-electron chi connectivity index (χ4n) is 4.50. The molecule has 2 heterocycles. The van der Waals surface area contributed by atoms with Crippen molar-refractivity contribution in [1.82, 2.24) is 19.8 Å². The van der Waals surface area contributed by atoms with Crippen LogP contribution in [-0.2, 0) is 14.8 Å². The summed E-state index contributed by atoms with van der Waals surface area (Å²) >= 11 is 0. The van der Waals surface area contributed by atoms with Crippen LogP contribution in [-0.4, -0.2) is 86.1 Å². The van der Waals surface area contributed by atoms with Gasteiger partial charge in [0.25, 0.3) is 16.5 Å². The molecule has 3 N–H and O–H groups in total. The molecule has 0 radical (unpaired) electrons. The molecular weight excluding hydrogens is 587 g/mol. The van der Waals surface area contributed by atoms with Crippen molar-refractivity contribution in [2.75, 3.05) is 56.4 Å². The molecule has 11 nitrogen and oxygen atoms in total. The lowest BCUT2D eigenvalue weighted by Crippen LogP contribution is -2.44. The van der Waals surface area contributed by atoms with Gasteiger partial charge in [0.1, 0.15) is 28.6 Å². The average Bonchev–Trinajstić information content (AvgIpc) is 3.02. The van der Waals surface area contributed by atoms with Gasteiger partial charge in [0.15, 0.2) is 0 Å². The molecule has 1 aliphatic rings. The highest BCUT2D eigenvalue weighted by Gasteiger charge is 2.18. The number of hydrogen-bond donors (Lipinski definition) is 3. The second kappa shape index (κ2) is 15.8. The van der Waals surface area contributed by atoms with Gasteiger partial charge in [0.2, 0.25) is 0 Å². The molecule has 232 valence electrons. The van der Waals surface area contributed by atoms with Crippen molar-refractivity contribution in [1.29, 1.82) is 0 Å². The molecule has 1 saturated heterocycles. The normalized spacial score (nSPS) is 13.8. The third-order valence-corrected chi connectivity index (χ3v) is 8.25. The molecule has 1 aromatic heterocycles. The van der Waals surface area contributed by atoms with E-state index in [0.717, 1.165) is 62.2 Å². The van der Waals surface area contributed by atoms with E-state index in [4.69, 9.17) is 14.6 Å². The second-order valence-electron chi connectivity index (χ2n) is 10.0. The first-order chi connectivity index (χ1) is 21.3. The maximum Gasteiger partial charge on any atom is 0.290 e. The number of likely N-dealkylation sites (N-methyl/N-ethyl adjacent to an activating group) is 1. The lowest BCUT2D eigenvalue weighted by molar-refractivity contribution is -0.122. The van der Waals surface area contributed by atoms with Crippen LogP contribution < -0.4 is 14.8 Å². The fourth-order valence-corrected chi connectivity index (χ4v) is 5.64. The number of halogens is 1. The van der Waals surface area contributed by atoms with Gasteiger partial charge in [-0.1, -0.05) is 12.1 Å². The van der Waals surface area contributed by atoms with E-state index in [2.05, 4.69) is 36.9 Å². The van der Waals surface area contributed by atoms with E-state index in [9.17, 15) is 12.8 Å². The predicted molar refractivity (Wildman–Crippen MR) is 167 cm³/mol. The summed E-state index contributed by atoms with van der Waals surface area (Å²) in [6.45, 7) is 5.95. The Labute approximate surface area is 256 Å². The van der Waals surface area contributed by atoms with Gasteiger partial charge in [-0.2, -0.15) is 0 Å². The van der Waals surface area contributed by atoms with Crippen LogP contribution in [0.1, 0.15) is 6.42 Å². The maximum atomic E-state index is 14.0. The van der Waals surface area contributed by atoms with Crippen LogP contribution >= 0.6 is 0 Å². The molecule has 0 aliphatic carbocycles. The number of aromatic nitrogens is 2. The van der Waals surface area contributed by atoms with Gasteiger partial charge in [-0.25, -0.2) is 22.8 Å². The molecule has 0 spiro atoms. The van der Waals surface area contributed by atoms with E-state index in [1.54, 1.807) is 24.3 Å². The lowest BCUT2D eigenvalue weighted by atomic mass is 10.1. The van der Waals surface area contributed by atoms with Crippen LogP contribution in [0.25, 0.3) is 11.3 Å². The summed E-state index contributed by atoms with van der Waals surface area (Å²) in [6.07, 6.45) is 2.47. The summed E-state index contributed by atoms with van der Waals surface area (Å²) in [5.41, 5.74) is 2.68. The van der Waals surface area contributed by atoms with Gasteiger partial charge in [-0.05, 0) is 74.1 Å². The molecule has 13 heteroatoms. The van der Waals surface area contributed by atoms with Crippen LogP contribution in [0.3, 0.4) is 0 Å². The highest BCUT2D eigenvalue weighted by Crippen LogP contribution is 2.25. The third kappa shape index (κ3) is 9.46. The van der Waals surface area contributed by atoms with Crippen LogP contribution in [0.15, 0.2) is 90.1 Å². The van der Waals surface area contributed by atoms with Crippen molar-refractivity contribution in [3.63, 3.8) is 0 Å². The maximum absolute atomic E-state index is 14.0. The first-order valence-corrected chi connectivity index (χ1v) is 15.4. The number of carbonyl (C=O) groups is 1. The van der Waals surface area contributed by atoms with Gasteiger partial charge in [0, 0.05) is 55.7 Å². The van der Waals surface area contributed by atoms with E-state index in [0.29, 0.717) is 23.8 Å². The summed E-state index contributed by atoms with van der Waals surface area (Å²) in [5, 5.41) is 10.1. The Bertz CT molecular complexity index is 1600. The highest BCUT2D eigenvalue weighted by atomic mass is 32.2. The number of piperazine rings is 1. The van der Waals surface area contributed by atoms with E-state index in [1.165, 1.54) is 24.5 Å². The van der Waals surface area contributed by atoms with Crippen molar-refractivity contribution >= 4 is 33.7 Å². The van der Waals surface area contributed by atoms with E-state index in [-0.39, 0.29) is 6.47 Å². The van der Waals surface area contributed by atoms with Gasteiger partial charge < -0.3 is 25.0 Å². The summed E-state index contributed by atoms with van der Waals surface area (Å²) in [5.74, 6) is 0.598. The summed E-state index contributed by atoms with van der Waals surface area (Å²) in [4.78, 5) is 21.5. The third-order valence-electron chi connectivity index (χ3n) is 6.84. The minimum Gasteiger partial charge on any atom is -0.494 e. The number of rotatable bonds is 11. The largest absolute Gasteiger partial charge is 0.494 e. The fraction of sp³-hybridized carbons (Fsp3) is 0.258. The lowest BCUT2D eigenvalue weighted by Gasteiger charge is -2.32. The second-order valence-corrected chi connectivity index (χ2v) is 11.7. The standard InChI is InChI=1S/C30H33FN6O3S.CH2O2/c1-36-16-18-37(19-17-36)15-4-20-40-26-13-7-23(8-14-26)28-21-30(33-22-32-28)34-24-9-11-25(12-10-24)35-41(38,39)29-6-3-2-5-27(29)31;2-1-3/h2-3,5-14,21-22,35H,4,15-20H2,1H3,(H,32,33,34);1H,(H,2,3). The molecule has 5 rings (SSSR count). The smallest absolute Gasteiger partial charge is 0.290 e. The Hall–Kier alpha value is -4.59. The molecule has 0 unspecified atom stereocenters. The Morgan fingerprint density at radius 1 is 0.955 bits per heavy atom. The van der Waals surface area contributed by atoms with Crippen molar-refractivity contribution in [3.8, 4) is 17.0 Å². The number of carboxylic acid groups (broad SMARTS) is 1. The minimum absolute atomic E-state index is 0.250.